The molecule has 2 amide bonds. The molecule has 0 fully saturated rings. The lowest BCUT2D eigenvalue weighted by molar-refractivity contribution is 0.0971. The summed E-state index contributed by atoms with van der Waals surface area (Å²) >= 11 is 6.78. The van der Waals surface area contributed by atoms with E-state index in [1.807, 2.05) is 43.3 Å². The molecule has 6 nitrogen and oxygen atoms in total. The van der Waals surface area contributed by atoms with Crippen LogP contribution in [0.1, 0.15) is 62.9 Å². The monoisotopic (exact) mass is 495 g/mol. The van der Waals surface area contributed by atoms with E-state index in [2.05, 4.69) is 17.6 Å². The largest absolute Gasteiger partial charge is 0.493 e. The molecule has 0 bridgehead atoms. The number of ether oxygens (including phenoxy) is 1. The van der Waals surface area contributed by atoms with Gasteiger partial charge in [-0.25, -0.2) is 0 Å². The van der Waals surface area contributed by atoms with E-state index in [1.54, 1.807) is 18.2 Å². The molecular weight excluding hydrogens is 466 g/mol. The molecule has 3 rings (SSSR count). The minimum Gasteiger partial charge on any atom is -0.493 e. The number of benzene rings is 2. The van der Waals surface area contributed by atoms with Gasteiger partial charge in [-0.2, -0.15) is 0 Å². The highest BCUT2D eigenvalue weighted by molar-refractivity contribution is 7.80. The Labute approximate surface area is 209 Å². The summed E-state index contributed by atoms with van der Waals surface area (Å²) in [4.78, 5) is 26.0. The van der Waals surface area contributed by atoms with Crippen molar-refractivity contribution in [3.05, 3.63) is 81.7 Å². The number of nitrogens with two attached hydrogens (primary N) is 1. The van der Waals surface area contributed by atoms with Gasteiger partial charge in [0.25, 0.3) is 11.8 Å². The van der Waals surface area contributed by atoms with Crippen LogP contribution in [0.3, 0.4) is 0 Å². The van der Waals surface area contributed by atoms with Gasteiger partial charge in [0.1, 0.15) is 10.8 Å². The molecule has 0 radical (unpaired) electrons. The molecule has 1 aromatic heterocycles. The van der Waals surface area contributed by atoms with Crippen molar-refractivity contribution in [2.75, 3.05) is 11.9 Å². The molecule has 0 saturated heterocycles. The van der Waals surface area contributed by atoms with E-state index in [1.165, 1.54) is 11.3 Å². The minimum atomic E-state index is -0.546. The van der Waals surface area contributed by atoms with Crippen LogP contribution in [0.5, 0.6) is 5.75 Å². The summed E-state index contributed by atoms with van der Waals surface area (Å²) in [5, 5.41) is 6.29. The van der Waals surface area contributed by atoms with E-state index >= 15 is 0 Å². The molecule has 178 valence electrons. The first-order valence-electron chi connectivity index (χ1n) is 11.2. The number of anilines is 1. The highest BCUT2D eigenvalue weighted by Gasteiger charge is 2.21. The predicted octanol–water partition coefficient (Wildman–Crippen LogP) is 5.44. The number of primary amides is 1. The van der Waals surface area contributed by atoms with Gasteiger partial charge in [-0.1, -0.05) is 62.2 Å². The highest BCUT2D eigenvalue weighted by Crippen LogP contribution is 2.34. The van der Waals surface area contributed by atoms with E-state index in [-0.39, 0.29) is 11.0 Å². The van der Waals surface area contributed by atoms with Crippen LogP contribution in [0, 0.1) is 6.92 Å². The Morgan fingerprint density at radius 3 is 2.47 bits per heavy atom. The van der Waals surface area contributed by atoms with Crippen molar-refractivity contribution < 1.29 is 14.3 Å². The van der Waals surface area contributed by atoms with Crippen LogP contribution in [-0.2, 0) is 6.42 Å². The third kappa shape index (κ3) is 6.65. The molecule has 0 unspecified atom stereocenters. The number of amides is 2. The molecule has 0 aliphatic heterocycles. The molecule has 0 aliphatic carbocycles. The van der Waals surface area contributed by atoms with E-state index < -0.39 is 5.91 Å². The van der Waals surface area contributed by atoms with Gasteiger partial charge in [0, 0.05) is 11.3 Å². The summed E-state index contributed by atoms with van der Waals surface area (Å²) < 4.78 is 5.80. The lowest BCUT2D eigenvalue weighted by atomic mass is 10.1. The van der Waals surface area contributed by atoms with Crippen LogP contribution in [0.25, 0.3) is 0 Å². The lowest BCUT2D eigenvalue weighted by Crippen LogP contribution is -2.34. The number of nitrogens with one attached hydrogen (secondary N) is 2. The average molecular weight is 496 g/mol. The second kappa shape index (κ2) is 12.3. The normalized spacial score (nSPS) is 10.5. The molecule has 1 heterocycles. The van der Waals surface area contributed by atoms with Gasteiger partial charge >= 0.3 is 0 Å². The number of carbonyl (C=O) groups excluding carboxylic acids is 2. The number of thiophene rings is 1. The van der Waals surface area contributed by atoms with Crippen LogP contribution in [0.15, 0.2) is 54.6 Å². The number of carbonyl (C=O) groups is 2. The molecule has 34 heavy (non-hydrogen) atoms. The van der Waals surface area contributed by atoms with Crippen molar-refractivity contribution in [1.82, 2.24) is 5.32 Å². The fourth-order valence-corrected chi connectivity index (χ4v) is 5.02. The van der Waals surface area contributed by atoms with Crippen LogP contribution in [-0.4, -0.2) is 23.5 Å². The van der Waals surface area contributed by atoms with E-state index in [4.69, 9.17) is 22.7 Å². The van der Waals surface area contributed by atoms with Gasteiger partial charge in [0.2, 0.25) is 0 Å². The van der Waals surface area contributed by atoms with Gasteiger partial charge < -0.3 is 15.8 Å². The molecule has 0 spiro atoms. The topological polar surface area (TPSA) is 93.4 Å². The smallest absolute Gasteiger partial charge is 0.261 e. The van der Waals surface area contributed by atoms with Gasteiger partial charge in [0.15, 0.2) is 5.11 Å². The van der Waals surface area contributed by atoms with Crippen LogP contribution < -0.4 is 21.1 Å². The lowest BCUT2D eigenvalue weighted by Gasteiger charge is -2.13. The van der Waals surface area contributed by atoms with Crippen molar-refractivity contribution in [2.24, 2.45) is 5.73 Å². The third-order valence-electron chi connectivity index (χ3n) is 5.29. The fraction of sp³-hybridized carbons (Fsp3) is 0.269. The second-order valence-corrected chi connectivity index (χ2v) is 9.35. The Morgan fingerprint density at radius 2 is 1.76 bits per heavy atom. The zero-order valence-electron chi connectivity index (χ0n) is 19.4. The highest BCUT2D eigenvalue weighted by atomic mass is 32.1. The molecule has 0 saturated carbocycles. The second-order valence-electron chi connectivity index (χ2n) is 7.84. The van der Waals surface area contributed by atoms with E-state index in [0.29, 0.717) is 34.9 Å². The molecule has 0 aliphatic rings. The van der Waals surface area contributed by atoms with Gasteiger partial charge in [-0.3, -0.25) is 14.9 Å². The molecule has 2 aromatic carbocycles. The first-order chi connectivity index (χ1) is 16.4. The first kappa shape index (κ1) is 25.4. The Balaban J connectivity index is 1.72. The zero-order chi connectivity index (χ0) is 24.5. The maximum absolute atomic E-state index is 12.9. The van der Waals surface area contributed by atoms with Gasteiger partial charge in [0.05, 0.1) is 17.7 Å². The summed E-state index contributed by atoms with van der Waals surface area (Å²) in [5.41, 5.74) is 8.37. The number of rotatable bonds is 10. The molecule has 3 aromatic rings. The molecule has 8 heteroatoms. The Hall–Kier alpha value is -3.23. The van der Waals surface area contributed by atoms with Gasteiger partial charge in [-0.15, -0.1) is 11.3 Å². The average Bonchev–Trinajstić information content (AvgIpc) is 3.11. The summed E-state index contributed by atoms with van der Waals surface area (Å²) in [6, 6.07) is 17.0. The Morgan fingerprint density at radius 1 is 1.06 bits per heavy atom. The minimum absolute atomic E-state index is 0.0841. The third-order valence-corrected chi connectivity index (χ3v) is 6.70. The van der Waals surface area contributed by atoms with Crippen molar-refractivity contribution in [3.63, 3.8) is 0 Å². The number of para-hydroxylation sites is 1. The number of hydrogen-bond acceptors (Lipinski definition) is 5. The Kier molecular flexibility index (Phi) is 9.18. The predicted molar refractivity (Wildman–Crippen MR) is 142 cm³/mol. The number of unbranched alkanes of at least 4 members (excludes halogenated alkanes) is 2. The van der Waals surface area contributed by atoms with Crippen molar-refractivity contribution in [1.29, 1.82) is 0 Å². The zero-order valence-corrected chi connectivity index (χ0v) is 21.0. The summed E-state index contributed by atoms with van der Waals surface area (Å²) in [6.45, 7) is 4.54. The summed E-state index contributed by atoms with van der Waals surface area (Å²) in [5.74, 6) is -0.425. The first-order valence-corrected chi connectivity index (χ1v) is 12.4. The number of thiocarbonyl (C=S) groups is 1. The SMILES string of the molecule is CCCCCOc1ccccc1C(=O)NC(=S)Nc1sc(Cc2ccccc2)c(C)c1C(N)=O. The summed E-state index contributed by atoms with van der Waals surface area (Å²) in [7, 11) is 0. The Bertz CT molecular complexity index is 1160. The fourth-order valence-electron chi connectivity index (χ4n) is 3.51. The van der Waals surface area contributed by atoms with E-state index in [0.717, 1.165) is 35.3 Å². The van der Waals surface area contributed by atoms with Crippen LogP contribution in [0.2, 0.25) is 0 Å². The molecular formula is C26H29N3O3S2. The van der Waals surface area contributed by atoms with Crippen molar-refractivity contribution >= 4 is 45.5 Å². The molecule has 4 N–H and O–H groups in total. The van der Waals surface area contributed by atoms with Crippen molar-refractivity contribution in [2.45, 2.75) is 39.5 Å². The quantitative estimate of drug-likeness (QED) is 0.257. The van der Waals surface area contributed by atoms with Crippen LogP contribution >= 0.6 is 23.6 Å². The van der Waals surface area contributed by atoms with Gasteiger partial charge in [-0.05, 0) is 48.8 Å². The number of hydrogen-bond donors (Lipinski definition) is 3. The van der Waals surface area contributed by atoms with Crippen LogP contribution in [0.4, 0.5) is 5.00 Å². The molecule has 0 atom stereocenters. The maximum Gasteiger partial charge on any atom is 0.261 e. The summed E-state index contributed by atoms with van der Waals surface area (Å²) in [6.07, 6.45) is 3.75. The van der Waals surface area contributed by atoms with Crippen molar-refractivity contribution in [3.8, 4) is 5.75 Å². The van der Waals surface area contributed by atoms with E-state index in [9.17, 15) is 9.59 Å². The standard InChI is InChI=1S/C26H29N3O3S2/c1-3-4-10-15-32-20-14-9-8-13-19(20)24(31)28-26(33)29-25-22(23(27)30)17(2)21(34-25)16-18-11-6-5-7-12-18/h5-9,11-14H,3-4,10,15-16H2,1-2H3,(H2,27,30)(H2,28,29,31,33). The maximum atomic E-state index is 12.9.